The lowest BCUT2D eigenvalue weighted by Crippen LogP contribution is -2.09. The van der Waals surface area contributed by atoms with Crippen LogP contribution in [0.1, 0.15) is 27.6 Å². The molecule has 6 nitrogen and oxygen atoms in total. The lowest BCUT2D eigenvalue weighted by molar-refractivity contribution is 0.0650. The molecule has 0 bridgehead atoms. The highest BCUT2D eigenvalue weighted by Crippen LogP contribution is 2.31. The van der Waals surface area contributed by atoms with Crippen molar-refractivity contribution >= 4 is 11.9 Å². The van der Waals surface area contributed by atoms with E-state index in [0.29, 0.717) is 6.61 Å². The summed E-state index contributed by atoms with van der Waals surface area (Å²) >= 11 is 0. The molecule has 0 unspecified atom stereocenters. The van der Waals surface area contributed by atoms with Gasteiger partial charge in [0.25, 0.3) is 0 Å². The Morgan fingerprint density at radius 1 is 1.12 bits per heavy atom. The molecule has 0 aliphatic rings. The average molecular weight is 240 g/mol. The smallest absolute Gasteiger partial charge is 0.336 e. The fourth-order valence-electron chi connectivity index (χ4n) is 1.34. The third-order valence-corrected chi connectivity index (χ3v) is 2.06. The second kappa shape index (κ2) is 5.20. The van der Waals surface area contributed by atoms with Crippen LogP contribution >= 0.6 is 0 Å². The zero-order chi connectivity index (χ0) is 13.0. The van der Waals surface area contributed by atoms with Crippen LogP contribution in [0.25, 0.3) is 0 Å². The summed E-state index contributed by atoms with van der Waals surface area (Å²) < 4.78 is 10.1. The summed E-state index contributed by atoms with van der Waals surface area (Å²) in [5.41, 5.74) is -0.667. The van der Waals surface area contributed by atoms with E-state index in [0.717, 1.165) is 12.1 Å². The number of aromatic carboxylic acids is 2. The molecular formula is C11H12O6. The van der Waals surface area contributed by atoms with Gasteiger partial charge >= 0.3 is 11.9 Å². The second-order valence-electron chi connectivity index (χ2n) is 3.09. The number of carboxylic acids is 2. The van der Waals surface area contributed by atoms with Gasteiger partial charge in [-0.2, -0.15) is 0 Å². The van der Waals surface area contributed by atoms with Crippen molar-refractivity contribution in [2.75, 3.05) is 13.7 Å². The molecule has 0 fully saturated rings. The molecule has 0 spiro atoms. The zero-order valence-corrected chi connectivity index (χ0v) is 9.39. The molecule has 0 heterocycles. The molecule has 0 aromatic heterocycles. The number of ether oxygens (including phenoxy) is 2. The molecule has 0 atom stereocenters. The summed E-state index contributed by atoms with van der Waals surface area (Å²) in [4.78, 5) is 21.8. The van der Waals surface area contributed by atoms with Gasteiger partial charge in [-0.25, -0.2) is 9.59 Å². The van der Waals surface area contributed by atoms with Crippen molar-refractivity contribution in [3.05, 3.63) is 23.3 Å². The van der Waals surface area contributed by atoms with E-state index >= 15 is 0 Å². The van der Waals surface area contributed by atoms with Crippen molar-refractivity contribution in [1.29, 1.82) is 0 Å². The van der Waals surface area contributed by atoms with Crippen molar-refractivity contribution in [2.24, 2.45) is 0 Å². The summed E-state index contributed by atoms with van der Waals surface area (Å²) in [7, 11) is 1.35. The van der Waals surface area contributed by atoms with Gasteiger partial charge in [0.1, 0.15) is 0 Å². The molecule has 6 heteroatoms. The van der Waals surface area contributed by atoms with Gasteiger partial charge in [0, 0.05) is 0 Å². The Balaban J connectivity index is 3.42. The maximum atomic E-state index is 10.9. The van der Waals surface area contributed by atoms with Crippen molar-refractivity contribution in [3.63, 3.8) is 0 Å². The Bertz CT molecular complexity index is 452. The van der Waals surface area contributed by atoms with Gasteiger partial charge in [-0.15, -0.1) is 0 Å². The Labute approximate surface area is 97.4 Å². The van der Waals surface area contributed by atoms with E-state index in [1.165, 1.54) is 7.11 Å². The van der Waals surface area contributed by atoms with Crippen LogP contribution in [0.3, 0.4) is 0 Å². The summed E-state index contributed by atoms with van der Waals surface area (Å²) in [6.07, 6.45) is 0. The van der Waals surface area contributed by atoms with E-state index in [-0.39, 0.29) is 22.6 Å². The van der Waals surface area contributed by atoms with Gasteiger partial charge in [0.15, 0.2) is 11.5 Å². The van der Waals surface area contributed by atoms with E-state index in [9.17, 15) is 9.59 Å². The first-order chi connectivity index (χ1) is 8.01. The van der Waals surface area contributed by atoms with Gasteiger partial charge in [-0.05, 0) is 19.1 Å². The SMILES string of the molecule is CCOc1cc(C(=O)O)c(C(=O)O)cc1OC. The van der Waals surface area contributed by atoms with E-state index in [2.05, 4.69) is 0 Å². The summed E-state index contributed by atoms with van der Waals surface area (Å²) in [6, 6.07) is 2.28. The predicted molar refractivity (Wildman–Crippen MR) is 58.1 cm³/mol. The van der Waals surface area contributed by atoms with E-state index in [4.69, 9.17) is 19.7 Å². The molecule has 1 rings (SSSR count). The van der Waals surface area contributed by atoms with E-state index < -0.39 is 11.9 Å². The van der Waals surface area contributed by atoms with Crippen LogP contribution in [0, 0.1) is 0 Å². The quantitative estimate of drug-likeness (QED) is 0.809. The van der Waals surface area contributed by atoms with Crippen molar-refractivity contribution in [1.82, 2.24) is 0 Å². The zero-order valence-electron chi connectivity index (χ0n) is 9.39. The van der Waals surface area contributed by atoms with Gasteiger partial charge in [-0.1, -0.05) is 0 Å². The van der Waals surface area contributed by atoms with Crippen molar-refractivity contribution < 1.29 is 29.3 Å². The van der Waals surface area contributed by atoms with Crippen LogP contribution in [0.15, 0.2) is 12.1 Å². The van der Waals surface area contributed by atoms with Crippen LogP contribution in [-0.4, -0.2) is 35.9 Å². The highest BCUT2D eigenvalue weighted by atomic mass is 16.5. The fourth-order valence-corrected chi connectivity index (χ4v) is 1.34. The van der Waals surface area contributed by atoms with Gasteiger partial charge < -0.3 is 19.7 Å². The highest BCUT2D eigenvalue weighted by molar-refractivity contribution is 6.02. The number of carbonyl (C=O) groups is 2. The molecule has 0 amide bonds. The van der Waals surface area contributed by atoms with Crippen molar-refractivity contribution in [3.8, 4) is 11.5 Å². The topological polar surface area (TPSA) is 93.1 Å². The number of hydrogen-bond donors (Lipinski definition) is 2. The fraction of sp³-hybridized carbons (Fsp3) is 0.273. The number of carboxylic acid groups (broad SMARTS) is 2. The minimum atomic E-state index is -1.33. The first kappa shape index (κ1) is 12.8. The van der Waals surface area contributed by atoms with Crippen LogP contribution in [0.5, 0.6) is 11.5 Å². The molecular weight excluding hydrogens is 228 g/mol. The summed E-state index contributed by atoms with van der Waals surface area (Å²) in [5.74, 6) is -2.26. The Hall–Kier alpha value is -2.24. The Morgan fingerprint density at radius 2 is 1.59 bits per heavy atom. The molecule has 2 N–H and O–H groups in total. The molecule has 17 heavy (non-hydrogen) atoms. The van der Waals surface area contributed by atoms with Gasteiger partial charge in [-0.3, -0.25) is 0 Å². The number of benzene rings is 1. The van der Waals surface area contributed by atoms with Crippen molar-refractivity contribution in [2.45, 2.75) is 6.92 Å². The summed E-state index contributed by atoms with van der Waals surface area (Å²) in [5, 5.41) is 17.8. The summed E-state index contributed by atoms with van der Waals surface area (Å²) in [6.45, 7) is 2.05. The molecule has 0 saturated carbocycles. The predicted octanol–water partition coefficient (Wildman–Crippen LogP) is 1.49. The van der Waals surface area contributed by atoms with Gasteiger partial charge in [0.2, 0.25) is 0 Å². The average Bonchev–Trinajstić information content (AvgIpc) is 2.28. The maximum Gasteiger partial charge on any atom is 0.336 e. The van der Waals surface area contributed by atoms with Crippen LogP contribution in [0.4, 0.5) is 0 Å². The number of hydrogen-bond acceptors (Lipinski definition) is 4. The second-order valence-corrected chi connectivity index (χ2v) is 3.09. The van der Waals surface area contributed by atoms with Gasteiger partial charge in [0.05, 0.1) is 24.8 Å². The maximum absolute atomic E-state index is 10.9. The van der Waals surface area contributed by atoms with Crippen LogP contribution in [-0.2, 0) is 0 Å². The number of methoxy groups -OCH3 is 1. The third-order valence-electron chi connectivity index (χ3n) is 2.06. The molecule has 0 radical (unpaired) electrons. The largest absolute Gasteiger partial charge is 0.493 e. The first-order valence-electron chi connectivity index (χ1n) is 4.82. The normalized spacial score (nSPS) is 9.76. The lowest BCUT2D eigenvalue weighted by Gasteiger charge is -2.11. The van der Waals surface area contributed by atoms with E-state index in [1.807, 2.05) is 0 Å². The molecule has 0 saturated heterocycles. The Kier molecular flexibility index (Phi) is 3.92. The van der Waals surface area contributed by atoms with Crippen LogP contribution in [0.2, 0.25) is 0 Å². The standard InChI is InChI=1S/C11H12O6/c1-3-17-9-5-7(11(14)15)6(10(12)13)4-8(9)16-2/h4-5H,3H2,1-2H3,(H,12,13)(H,14,15). The molecule has 92 valence electrons. The minimum Gasteiger partial charge on any atom is -0.493 e. The lowest BCUT2D eigenvalue weighted by atomic mass is 10.1. The highest BCUT2D eigenvalue weighted by Gasteiger charge is 2.20. The van der Waals surface area contributed by atoms with Crippen LogP contribution < -0.4 is 9.47 Å². The minimum absolute atomic E-state index is 0.189. The number of rotatable bonds is 5. The third kappa shape index (κ3) is 2.66. The first-order valence-corrected chi connectivity index (χ1v) is 4.82. The molecule has 0 aliphatic carbocycles. The van der Waals surface area contributed by atoms with E-state index in [1.54, 1.807) is 6.92 Å². The Morgan fingerprint density at radius 3 is 1.94 bits per heavy atom. The molecule has 1 aromatic rings. The molecule has 0 aliphatic heterocycles. The molecule has 1 aromatic carbocycles. The monoisotopic (exact) mass is 240 g/mol.